The van der Waals surface area contributed by atoms with Gasteiger partial charge in [-0.25, -0.2) is 13.8 Å². The summed E-state index contributed by atoms with van der Waals surface area (Å²) in [6.07, 6.45) is 1.22. The Hall–Kier alpha value is -5.19. The third-order valence-electron chi connectivity index (χ3n) is 6.86. The molecule has 0 fully saturated rings. The zero-order valence-corrected chi connectivity index (χ0v) is 23.5. The highest BCUT2D eigenvalue weighted by molar-refractivity contribution is 5.96. The van der Waals surface area contributed by atoms with E-state index in [-0.39, 0.29) is 35.1 Å². The highest BCUT2D eigenvalue weighted by atomic mass is 19.1. The first-order chi connectivity index (χ1) is 20.1. The summed E-state index contributed by atoms with van der Waals surface area (Å²) in [4.78, 5) is 35.3. The van der Waals surface area contributed by atoms with Crippen LogP contribution in [-0.4, -0.2) is 39.8 Å². The van der Waals surface area contributed by atoms with Crippen LogP contribution in [0.15, 0.2) is 59.5 Å². The number of rotatable bonds is 8. The van der Waals surface area contributed by atoms with E-state index in [0.717, 1.165) is 6.07 Å². The Morgan fingerprint density at radius 1 is 0.952 bits per heavy atom. The Bertz CT molecular complexity index is 1920. The molecule has 5 rings (SSSR count). The minimum Gasteiger partial charge on any atom is -0.491 e. The average Bonchev–Trinajstić information content (AvgIpc) is 2.96. The van der Waals surface area contributed by atoms with E-state index in [9.17, 15) is 14.0 Å². The molecule has 0 radical (unpaired) electrons. The number of hydrogen-bond donors (Lipinski definition) is 0. The molecule has 0 aliphatic carbocycles. The molecular weight excluding hydrogens is 546 g/mol. The second-order valence-electron chi connectivity index (χ2n) is 9.56. The molecular formula is C31H26F2N4O5. The number of aryl methyl sites for hydroxylation is 2. The fraction of sp³-hybridized carbons (Fsp3) is 0.194. The van der Waals surface area contributed by atoms with Gasteiger partial charge in [0.05, 0.1) is 25.3 Å². The Labute approximate surface area is 239 Å². The molecule has 0 saturated heterocycles. The van der Waals surface area contributed by atoms with Crippen molar-refractivity contribution in [3.63, 3.8) is 0 Å². The molecule has 3 aromatic heterocycles. The van der Waals surface area contributed by atoms with Crippen molar-refractivity contribution >= 4 is 16.8 Å². The molecule has 2 aromatic carbocycles. The van der Waals surface area contributed by atoms with Gasteiger partial charge in [-0.2, -0.15) is 5.10 Å². The second kappa shape index (κ2) is 11.4. The van der Waals surface area contributed by atoms with E-state index in [4.69, 9.17) is 14.2 Å². The van der Waals surface area contributed by atoms with E-state index in [1.54, 1.807) is 27.0 Å². The van der Waals surface area contributed by atoms with Crippen LogP contribution in [0.25, 0.3) is 22.2 Å². The normalized spacial score (nSPS) is 11.0. The largest absolute Gasteiger partial charge is 0.491 e. The van der Waals surface area contributed by atoms with E-state index < -0.39 is 22.8 Å². The summed E-state index contributed by atoms with van der Waals surface area (Å²) in [5.41, 5.74) is 2.08. The van der Waals surface area contributed by atoms with Crippen LogP contribution in [0, 0.1) is 25.5 Å². The quantitative estimate of drug-likeness (QED) is 0.224. The van der Waals surface area contributed by atoms with Gasteiger partial charge in [0, 0.05) is 37.5 Å². The van der Waals surface area contributed by atoms with Gasteiger partial charge >= 0.3 is 0 Å². The van der Waals surface area contributed by atoms with Crippen molar-refractivity contribution < 1.29 is 27.8 Å². The highest BCUT2D eigenvalue weighted by Crippen LogP contribution is 2.35. The van der Waals surface area contributed by atoms with Gasteiger partial charge < -0.3 is 14.2 Å². The standard InChI is InChI=1S/C31H26F2N4O5/c1-16-12-19(32)7-8-20(16)27-17(2)37(3)36-29(30(27)39)23(38)14-18-6-9-24(21(33)13-18)42-25-10-11-34-22-15-26(40-4)31(41-5)35-28(22)25/h6-13,15H,14H2,1-5H3. The highest BCUT2D eigenvalue weighted by Gasteiger charge is 2.22. The number of hydrogen-bond acceptors (Lipinski definition) is 8. The number of aromatic nitrogens is 4. The van der Waals surface area contributed by atoms with Crippen molar-refractivity contribution in [3.05, 3.63) is 99.1 Å². The van der Waals surface area contributed by atoms with Gasteiger partial charge in [-0.15, -0.1) is 0 Å². The number of carbonyl (C=O) groups excluding carboxylic acids is 1. The zero-order valence-electron chi connectivity index (χ0n) is 23.5. The minimum absolute atomic E-state index is 0.103. The molecule has 3 heterocycles. The summed E-state index contributed by atoms with van der Waals surface area (Å²) >= 11 is 0. The third-order valence-corrected chi connectivity index (χ3v) is 6.86. The molecule has 0 spiro atoms. The van der Waals surface area contributed by atoms with Crippen LogP contribution in [0.4, 0.5) is 8.78 Å². The van der Waals surface area contributed by atoms with Gasteiger partial charge in [-0.3, -0.25) is 19.3 Å². The molecule has 214 valence electrons. The topological polar surface area (TPSA) is 105 Å². The number of fused-ring (bicyclic) bond motifs is 1. The lowest BCUT2D eigenvalue weighted by Gasteiger charge is -2.14. The maximum absolute atomic E-state index is 15.2. The molecule has 42 heavy (non-hydrogen) atoms. The Morgan fingerprint density at radius 2 is 1.74 bits per heavy atom. The molecule has 0 atom stereocenters. The summed E-state index contributed by atoms with van der Waals surface area (Å²) in [5, 5.41) is 4.18. The number of ether oxygens (including phenoxy) is 3. The molecule has 0 unspecified atom stereocenters. The SMILES string of the molecule is COc1cc2nccc(Oc3ccc(CC(=O)c4nn(C)c(C)c(-c5ccc(F)cc5C)c4=O)cc3F)c2nc1OC. The van der Waals surface area contributed by atoms with Gasteiger partial charge in [0.2, 0.25) is 5.43 Å². The lowest BCUT2D eigenvalue weighted by atomic mass is 9.97. The smallest absolute Gasteiger partial charge is 0.257 e. The molecule has 0 saturated carbocycles. The van der Waals surface area contributed by atoms with Crippen LogP contribution in [0.3, 0.4) is 0 Å². The second-order valence-corrected chi connectivity index (χ2v) is 9.56. The van der Waals surface area contributed by atoms with E-state index in [1.165, 1.54) is 61.5 Å². The van der Waals surface area contributed by atoms with Crippen LogP contribution in [-0.2, 0) is 13.5 Å². The fourth-order valence-electron chi connectivity index (χ4n) is 4.63. The van der Waals surface area contributed by atoms with Gasteiger partial charge in [0.15, 0.2) is 34.5 Å². The first-order valence-corrected chi connectivity index (χ1v) is 12.8. The summed E-state index contributed by atoms with van der Waals surface area (Å²) in [5.74, 6) is -1.01. The molecule has 9 nitrogen and oxygen atoms in total. The third kappa shape index (κ3) is 5.28. The van der Waals surface area contributed by atoms with Gasteiger partial charge in [-0.05, 0) is 54.8 Å². The maximum atomic E-state index is 15.2. The zero-order chi connectivity index (χ0) is 30.1. The van der Waals surface area contributed by atoms with Crippen molar-refractivity contribution in [2.45, 2.75) is 20.3 Å². The Kier molecular flexibility index (Phi) is 7.66. The lowest BCUT2D eigenvalue weighted by molar-refractivity contribution is 0.0985. The molecule has 5 aromatic rings. The minimum atomic E-state index is -0.724. The number of nitrogens with zero attached hydrogens (tertiary/aromatic N) is 4. The number of methoxy groups -OCH3 is 2. The monoisotopic (exact) mass is 572 g/mol. The van der Waals surface area contributed by atoms with Crippen molar-refractivity contribution in [1.82, 2.24) is 19.7 Å². The molecule has 0 bridgehead atoms. The number of pyridine rings is 2. The van der Waals surface area contributed by atoms with Crippen molar-refractivity contribution in [3.8, 4) is 34.3 Å². The van der Waals surface area contributed by atoms with Crippen LogP contribution in [0.2, 0.25) is 0 Å². The molecule has 0 amide bonds. The lowest BCUT2D eigenvalue weighted by Crippen LogP contribution is -2.26. The predicted molar refractivity (Wildman–Crippen MR) is 151 cm³/mol. The first kappa shape index (κ1) is 28.3. The Morgan fingerprint density at radius 3 is 2.43 bits per heavy atom. The van der Waals surface area contributed by atoms with E-state index in [2.05, 4.69) is 15.1 Å². The number of Topliss-reactive ketones (excluding diaryl/α,β-unsaturated/α-hetero) is 1. The summed E-state index contributed by atoms with van der Waals surface area (Å²) in [6, 6.07) is 11.3. The molecule has 11 heteroatoms. The van der Waals surface area contributed by atoms with Crippen LogP contribution >= 0.6 is 0 Å². The van der Waals surface area contributed by atoms with E-state index in [1.807, 2.05) is 0 Å². The van der Waals surface area contributed by atoms with Gasteiger partial charge in [0.1, 0.15) is 11.3 Å². The van der Waals surface area contributed by atoms with Crippen LogP contribution < -0.4 is 19.6 Å². The number of benzene rings is 2. The number of carbonyl (C=O) groups is 1. The van der Waals surface area contributed by atoms with E-state index >= 15 is 4.39 Å². The van der Waals surface area contributed by atoms with Crippen molar-refractivity contribution in [2.24, 2.45) is 7.05 Å². The molecule has 0 N–H and O–H groups in total. The van der Waals surface area contributed by atoms with Crippen LogP contribution in [0.5, 0.6) is 23.1 Å². The summed E-state index contributed by atoms with van der Waals surface area (Å²) in [7, 11) is 4.54. The first-order valence-electron chi connectivity index (χ1n) is 12.8. The summed E-state index contributed by atoms with van der Waals surface area (Å²) < 4.78 is 46.7. The molecule has 0 aliphatic heterocycles. The molecule has 0 aliphatic rings. The number of halogens is 2. The van der Waals surface area contributed by atoms with Crippen molar-refractivity contribution in [2.75, 3.05) is 14.2 Å². The summed E-state index contributed by atoms with van der Waals surface area (Å²) in [6.45, 7) is 3.38. The van der Waals surface area contributed by atoms with Crippen LogP contribution in [0.1, 0.15) is 27.3 Å². The van der Waals surface area contributed by atoms with Crippen molar-refractivity contribution in [1.29, 1.82) is 0 Å². The van der Waals surface area contributed by atoms with Gasteiger partial charge in [-0.1, -0.05) is 12.1 Å². The number of ketones is 1. The van der Waals surface area contributed by atoms with Gasteiger partial charge in [0.25, 0.3) is 5.88 Å². The Balaban J connectivity index is 1.43. The average molecular weight is 573 g/mol. The predicted octanol–water partition coefficient (Wildman–Crippen LogP) is 5.52. The maximum Gasteiger partial charge on any atom is 0.257 e. The van der Waals surface area contributed by atoms with E-state index in [0.29, 0.717) is 39.2 Å². The fourth-order valence-corrected chi connectivity index (χ4v) is 4.63.